The first-order chi connectivity index (χ1) is 9.89. The Morgan fingerprint density at radius 2 is 1.76 bits per heavy atom. The standard InChI is InChI=1S/C20H29N/c1-7-17(4)21(18(5)20(6)12-8-9-13-20)19-11-10-15(2)16(3)14-19/h10-11,14H,4-5,7-9,12-13H2,1-3,6H3. The molecule has 0 radical (unpaired) electrons. The third-order valence-corrected chi connectivity index (χ3v) is 5.15. The predicted molar refractivity (Wildman–Crippen MR) is 93.5 cm³/mol. The van der Waals surface area contributed by atoms with Gasteiger partial charge in [-0.15, -0.1) is 0 Å². The first-order valence-electron chi connectivity index (χ1n) is 8.13. The summed E-state index contributed by atoms with van der Waals surface area (Å²) in [7, 11) is 0. The van der Waals surface area contributed by atoms with Crippen molar-refractivity contribution < 1.29 is 0 Å². The molecule has 0 spiro atoms. The summed E-state index contributed by atoms with van der Waals surface area (Å²) in [6.45, 7) is 17.6. The molecule has 114 valence electrons. The molecule has 1 aliphatic rings. The van der Waals surface area contributed by atoms with Gasteiger partial charge in [0.1, 0.15) is 0 Å². The second-order valence-electron chi connectivity index (χ2n) is 6.74. The molecule has 0 aromatic heterocycles. The highest BCUT2D eigenvalue weighted by Crippen LogP contribution is 2.46. The van der Waals surface area contributed by atoms with Crippen LogP contribution in [0.25, 0.3) is 0 Å². The summed E-state index contributed by atoms with van der Waals surface area (Å²) in [4.78, 5) is 2.30. The van der Waals surface area contributed by atoms with E-state index in [9.17, 15) is 0 Å². The van der Waals surface area contributed by atoms with Crippen molar-refractivity contribution in [1.29, 1.82) is 0 Å². The zero-order chi connectivity index (χ0) is 15.6. The highest BCUT2D eigenvalue weighted by Gasteiger charge is 2.35. The Morgan fingerprint density at radius 3 is 2.29 bits per heavy atom. The molecule has 0 heterocycles. The highest BCUT2D eigenvalue weighted by atomic mass is 15.2. The van der Waals surface area contributed by atoms with Crippen LogP contribution in [0.3, 0.4) is 0 Å². The summed E-state index contributed by atoms with van der Waals surface area (Å²) in [5.41, 5.74) is 6.44. The maximum Gasteiger partial charge on any atom is 0.0457 e. The third-order valence-electron chi connectivity index (χ3n) is 5.15. The Bertz CT molecular complexity index is 547. The van der Waals surface area contributed by atoms with E-state index in [-0.39, 0.29) is 5.41 Å². The first kappa shape index (κ1) is 15.9. The van der Waals surface area contributed by atoms with Crippen molar-refractivity contribution in [2.75, 3.05) is 4.90 Å². The van der Waals surface area contributed by atoms with Crippen molar-refractivity contribution in [2.24, 2.45) is 5.41 Å². The quantitative estimate of drug-likeness (QED) is 0.628. The zero-order valence-corrected chi connectivity index (χ0v) is 14.1. The molecule has 0 unspecified atom stereocenters. The molecule has 1 saturated carbocycles. The summed E-state index contributed by atoms with van der Waals surface area (Å²) >= 11 is 0. The summed E-state index contributed by atoms with van der Waals surface area (Å²) in [6, 6.07) is 6.66. The van der Waals surface area contributed by atoms with Gasteiger partial charge in [0.2, 0.25) is 0 Å². The smallest absolute Gasteiger partial charge is 0.0457 e. The number of hydrogen-bond donors (Lipinski definition) is 0. The van der Waals surface area contributed by atoms with E-state index in [1.165, 1.54) is 48.2 Å². The Morgan fingerprint density at radius 1 is 1.14 bits per heavy atom. The molecular formula is C20H29N. The minimum atomic E-state index is 0.219. The van der Waals surface area contributed by atoms with Crippen molar-refractivity contribution in [3.05, 3.63) is 53.9 Å². The molecule has 0 bridgehead atoms. The number of anilines is 1. The van der Waals surface area contributed by atoms with Gasteiger partial charge >= 0.3 is 0 Å². The molecule has 1 fully saturated rings. The average molecular weight is 283 g/mol. The fourth-order valence-corrected chi connectivity index (χ4v) is 3.27. The molecule has 0 atom stereocenters. The second-order valence-corrected chi connectivity index (χ2v) is 6.74. The number of allylic oxidation sites excluding steroid dienone is 2. The molecule has 0 aliphatic heterocycles. The van der Waals surface area contributed by atoms with E-state index in [4.69, 9.17) is 0 Å². The third kappa shape index (κ3) is 3.07. The zero-order valence-electron chi connectivity index (χ0n) is 14.1. The molecule has 0 saturated heterocycles. The lowest BCUT2D eigenvalue weighted by molar-refractivity contribution is 0.406. The van der Waals surface area contributed by atoms with Crippen molar-refractivity contribution >= 4 is 5.69 Å². The van der Waals surface area contributed by atoms with E-state index >= 15 is 0 Å². The van der Waals surface area contributed by atoms with Crippen molar-refractivity contribution in [3.8, 4) is 0 Å². The summed E-state index contributed by atoms with van der Waals surface area (Å²) in [5.74, 6) is 0. The van der Waals surface area contributed by atoms with Gasteiger partial charge in [-0.1, -0.05) is 45.9 Å². The molecule has 1 aromatic rings. The number of nitrogens with zero attached hydrogens (tertiary/aromatic N) is 1. The van der Waals surface area contributed by atoms with Gasteiger partial charge in [-0.25, -0.2) is 0 Å². The minimum absolute atomic E-state index is 0.219. The Kier molecular flexibility index (Phi) is 4.61. The van der Waals surface area contributed by atoms with Crippen molar-refractivity contribution in [3.63, 3.8) is 0 Å². The highest BCUT2D eigenvalue weighted by molar-refractivity contribution is 5.60. The Balaban J connectivity index is 2.41. The fourth-order valence-electron chi connectivity index (χ4n) is 3.27. The second kappa shape index (κ2) is 6.09. The average Bonchev–Trinajstić information content (AvgIpc) is 2.90. The van der Waals surface area contributed by atoms with Crippen LogP contribution in [-0.2, 0) is 0 Å². The van der Waals surface area contributed by atoms with E-state index < -0.39 is 0 Å². The monoisotopic (exact) mass is 283 g/mol. The van der Waals surface area contributed by atoms with Crippen LogP contribution in [0.15, 0.2) is 42.8 Å². The molecule has 0 amide bonds. The van der Waals surface area contributed by atoms with Gasteiger partial charge in [0, 0.05) is 22.5 Å². The topological polar surface area (TPSA) is 3.24 Å². The van der Waals surface area contributed by atoms with Gasteiger partial charge in [-0.3, -0.25) is 0 Å². The summed E-state index contributed by atoms with van der Waals surface area (Å²) in [6.07, 6.45) is 6.06. The predicted octanol–water partition coefficient (Wildman–Crippen LogP) is 6.13. The lowest BCUT2D eigenvalue weighted by Gasteiger charge is -2.38. The lowest BCUT2D eigenvalue weighted by Crippen LogP contribution is -2.30. The van der Waals surface area contributed by atoms with Crippen LogP contribution < -0.4 is 4.90 Å². The van der Waals surface area contributed by atoms with Gasteiger partial charge in [-0.05, 0) is 56.4 Å². The fraction of sp³-hybridized carbons (Fsp3) is 0.500. The molecular weight excluding hydrogens is 254 g/mol. The molecule has 2 rings (SSSR count). The maximum absolute atomic E-state index is 4.47. The van der Waals surface area contributed by atoms with Crippen LogP contribution >= 0.6 is 0 Å². The SMILES string of the molecule is C=C(CC)N(C(=C)C1(C)CCCC1)c1ccc(C)c(C)c1. The largest absolute Gasteiger partial charge is 0.319 e. The molecule has 0 N–H and O–H groups in total. The van der Waals surface area contributed by atoms with Crippen LogP contribution in [0.2, 0.25) is 0 Å². The van der Waals surface area contributed by atoms with Crippen LogP contribution in [-0.4, -0.2) is 0 Å². The van der Waals surface area contributed by atoms with Crippen molar-refractivity contribution in [1.82, 2.24) is 0 Å². The maximum atomic E-state index is 4.47. The van der Waals surface area contributed by atoms with E-state index in [1.807, 2.05) is 0 Å². The van der Waals surface area contributed by atoms with E-state index in [0.29, 0.717) is 0 Å². The normalized spacial score (nSPS) is 16.8. The Labute approximate surface area is 130 Å². The number of rotatable bonds is 5. The van der Waals surface area contributed by atoms with Crippen molar-refractivity contribution in [2.45, 2.75) is 59.8 Å². The van der Waals surface area contributed by atoms with E-state index in [0.717, 1.165) is 12.1 Å². The van der Waals surface area contributed by atoms with Gasteiger partial charge in [0.05, 0.1) is 0 Å². The van der Waals surface area contributed by atoms with E-state index in [1.54, 1.807) is 0 Å². The van der Waals surface area contributed by atoms with Gasteiger partial charge < -0.3 is 4.90 Å². The summed E-state index contributed by atoms with van der Waals surface area (Å²) in [5, 5.41) is 0. The van der Waals surface area contributed by atoms with E-state index in [2.05, 4.69) is 64.0 Å². The lowest BCUT2D eigenvalue weighted by atomic mass is 9.84. The number of hydrogen-bond acceptors (Lipinski definition) is 1. The molecule has 1 aliphatic carbocycles. The number of benzene rings is 1. The molecule has 21 heavy (non-hydrogen) atoms. The Hall–Kier alpha value is -1.50. The van der Waals surface area contributed by atoms with Crippen LogP contribution in [0.1, 0.15) is 57.1 Å². The number of aryl methyl sites for hydroxylation is 2. The first-order valence-corrected chi connectivity index (χ1v) is 8.13. The van der Waals surface area contributed by atoms with Crippen LogP contribution in [0.5, 0.6) is 0 Å². The minimum Gasteiger partial charge on any atom is -0.319 e. The van der Waals surface area contributed by atoms with Gasteiger partial charge in [0.25, 0.3) is 0 Å². The summed E-state index contributed by atoms with van der Waals surface area (Å²) < 4.78 is 0. The molecule has 1 nitrogen and oxygen atoms in total. The van der Waals surface area contributed by atoms with Crippen LogP contribution in [0.4, 0.5) is 5.69 Å². The van der Waals surface area contributed by atoms with Gasteiger partial charge in [0.15, 0.2) is 0 Å². The molecule has 1 heteroatoms. The molecule has 1 aromatic carbocycles. The van der Waals surface area contributed by atoms with Crippen LogP contribution in [0, 0.1) is 19.3 Å². The van der Waals surface area contributed by atoms with Gasteiger partial charge in [-0.2, -0.15) is 0 Å².